The molecule has 1 rings (SSSR count). The maximum absolute atomic E-state index is 10.6. The van der Waals surface area contributed by atoms with Gasteiger partial charge in [-0.1, -0.05) is 18.5 Å². The van der Waals surface area contributed by atoms with Gasteiger partial charge >= 0.3 is 5.97 Å². The Hall–Kier alpha value is -1.09. The molecule has 0 fully saturated rings. The summed E-state index contributed by atoms with van der Waals surface area (Å²) in [6, 6.07) is 0. The summed E-state index contributed by atoms with van der Waals surface area (Å²) in [5.41, 5.74) is 1.81. The molecule has 3 nitrogen and oxygen atoms in total. The van der Waals surface area contributed by atoms with Crippen LogP contribution in [0.25, 0.3) is 0 Å². The second kappa shape index (κ2) is 4.42. The van der Waals surface area contributed by atoms with E-state index in [1.807, 2.05) is 6.92 Å². The molecule has 0 aliphatic rings. The number of hydrogen-bond donors (Lipinski definition) is 1. The zero-order chi connectivity index (χ0) is 10.7. The van der Waals surface area contributed by atoms with Gasteiger partial charge in [-0.3, -0.25) is 9.78 Å². The molecule has 0 aromatic carbocycles. The molecule has 76 valence electrons. The van der Waals surface area contributed by atoms with Crippen molar-refractivity contribution in [2.45, 2.75) is 20.3 Å². The molecule has 1 N–H and O–H groups in total. The second-order valence-corrected chi connectivity index (χ2v) is 3.76. The molecular formula is C10H12ClNO2. The minimum atomic E-state index is -0.802. The standard InChI is InChI=1S/C10H12ClNO2/c1-6(10(13)14)3-8-4-12-5-9(11)7(8)2/h4-6H,3H2,1-2H3,(H,13,14). The Morgan fingerprint density at radius 2 is 2.29 bits per heavy atom. The van der Waals surface area contributed by atoms with Crippen molar-refractivity contribution in [3.05, 3.63) is 28.5 Å². The van der Waals surface area contributed by atoms with E-state index in [9.17, 15) is 4.79 Å². The number of halogens is 1. The Kier molecular flexibility index (Phi) is 3.47. The summed E-state index contributed by atoms with van der Waals surface area (Å²) >= 11 is 5.87. The first-order valence-corrected chi connectivity index (χ1v) is 4.72. The maximum Gasteiger partial charge on any atom is 0.306 e. The number of carboxylic acid groups (broad SMARTS) is 1. The minimum Gasteiger partial charge on any atom is -0.481 e. The number of rotatable bonds is 3. The van der Waals surface area contributed by atoms with E-state index >= 15 is 0 Å². The van der Waals surface area contributed by atoms with Gasteiger partial charge in [-0.15, -0.1) is 0 Å². The molecule has 0 bridgehead atoms. The predicted molar refractivity (Wildman–Crippen MR) is 54.5 cm³/mol. The lowest BCUT2D eigenvalue weighted by molar-refractivity contribution is -0.141. The van der Waals surface area contributed by atoms with Gasteiger partial charge in [0, 0.05) is 12.4 Å². The Morgan fingerprint density at radius 3 is 2.86 bits per heavy atom. The smallest absolute Gasteiger partial charge is 0.306 e. The van der Waals surface area contributed by atoms with Crippen molar-refractivity contribution in [3.8, 4) is 0 Å². The third-order valence-corrected chi connectivity index (χ3v) is 2.59. The van der Waals surface area contributed by atoms with Crippen LogP contribution < -0.4 is 0 Å². The first-order chi connectivity index (χ1) is 6.52. The lowest BCUT2D eigenvalue weighted by Gasteiger charge is -2.09. The lowest BCUT2D eigenvalue weighted by Crippen LogP contribution is -2.13. The number of pyridine rings is 1. The third kappa shape index (κ3) is 2.45. The summed E-state index contributed by atoms with van der Waals surface area (Å²) in [7, 11) is 0. The highest BCUT2D eigenvalue weighted by Gasteiger charge is 2.13. The van der Waals surface area contributed by atoms with Crippen LogP contribution in [0.2, 0.25) is 5.02 Å². The summed E-state index contributed by atoms with van der Waals surface area (Å²) < 4.78 is 0. The predicted octanol–water partition coefficient (Wildman–Crippen LogP) is 2.31. The van der Waals surface area contributed by atoms with Crippen molar-refractivity contribution < 1.29 is 9.90 Å². The van der Waals surface area contributed by atoms with Crippen molar-refractivity contribution in [2.75, 3.05) is 0 Å². The van der Waals surface area contributed by atoms with Crippen LogP contribution >= 0.6 is 11.6 Å². The summed E-state index contributed by atoms with van der Waals surface area (Å²) in [6.45, 7) is 3.54. The first kappa shape index (κ1) is 11.0. The molecule has 0 aliphatic heterocycles. The fourth-order valence-electron chi connectivity index (χ4n) is 1.16. The highest BCUT2D eigenvalue weighted by Crippen LogP contribution is 2.19. The van der Waals surface area contributed by atoms with Gasteiger partial charge in [0.2, 0.25) is 0 Å². The molecule has 0 spiro atoms. The first-order valence-electron chi connectivity index (χ1n) is 4.34. The summed E-state index contributed by atoms with van der Waals surface area (Å²) in [5, 5.41) is 9.33. The number of aliphatic carboxylic acids is 1. The van der Waals surface area contributed by atoms with Crippen LogP contribution in [0.5, 0.6) is 0 Å². The van der Waals surface area contributed by atoms with E-state index in [-0.39, 0.29) is 0 Å². The molecule has 4 heteroatoms. The van der Waals surface area contributed by atoms with Crippen LogP contribution in [0, 0.1) is 12.8 Å². The molecular weight excluding hydrogens is 202 g/mol. The van der Waals surface area contributed by atoms with E-state index in [0.717, 1.165) is 11.1 Å². The Labute approximate surface area is 87.7 Å². The van der Waals surface area contributed by atoms with Gasteiger partial charge in [0.05, 0.1) is 10.9 Å². The SMILES string of the molecule is Cc1c(Cl)cncc1CC(C)C(=O)O. The van der Waals surface area contributed by atoms with Crippen molar-refractivity contribution in [1.82, 2.24) is 4.98 Å². The average molecular weight is 214 g/mol. The molecule has 0 radical (unpaired) electrons. The van der Waals surface area contributed by atoms with Crippen molar-refractivity contribution in [1.29, 1.82) is 0 Å². The number of nitrogens with zero attached hydrogens (tertiary/aromatic N) is 1. The van der Waals surface area contributed by atoms with Gasteiger partial charge < -0.3 is 5.11 Å². The molecule has 1 heterocycles. The molecule has 1 unspecified atom stereocenters. The molecule has 0 aliphatic carbocycles. The van der Waals surface area contributed by atoms with Gasteiger partial charge in [0.1, 0.15) is 0 Å². The molecule has 14 heavy (non-hydrogen) atoms. The van der Waals surface area contributed by atoms with Gasteiger partial charge in [0.15, 0.2) is 0 Å². The summed E-state index contributed by atoms with van der Waals surface area (Å²) in [6.07, 6.45) is 3.70. The zero-order valence-corrected chi connectivity index (χ0v) is 8.88. The van der Waals surface area contributed by atoms with Crippen molar-refractivity contribution in [2.24, 2.45) is 5.92 Å². The van der Waals surface area contributed by atoms with E-state index < -0.39 is 11.9 Å². The number of hydrogen-bond acceptors (Lipinski definition) is 2. The average Bonchev–Trinajstić information content (AvgIpc) is 2.12. The Morgan fingerprint density at radius 1 is 1.64 bits per heavy atom. The van der Waals surface area contributed by atoms with Crippen LogP contribution in [-0.4, -0.2) is 16.1 Å². The fraction of sp³-hybridized carbons (Fsp3) is 0.400. The summed E-state index contributed by atoms with van der Waals surface area (Å²) in [4.78, 5) is 14.6. The second-order valence-electron chi connectivity index (χ2n) is 3.35. The van der Waals surface area contributed by atoms with E-state index in [1.165, 1.54) is 0 Å². The van der Waals surface area contributed by atoms with E-state index in [0.29, 0.717) is 11.4 Å². The van der Waals surface area contributed by atoms with Crippen molar-refractivity contribution in [3.63, 3.8) is 0 Å². The van der Waals surface area contributed by atoms with Gasteiger partial charge in [0.25, 0.3) is 0 Å². The van der Waals surface area contributed by atoms with Gasteiger partial charge in [-0.2, -0.15) is 0 Å². The third-order valence-electron chi connectivity index (χ3n) is 2.21. The largest absolute Gasteiger partial charge is 0.481 e. The highest BCUT2D eigenvalue weighted by molar-refractivity contribution is 6.31. The minimum absolute atomic E-state index is 0.408. The normalized spacial score (nSPS) is 12.5. The van der Waals surface area contributed by atoms with Crippen LogP contribution in [0.1, 0.15) is 18.1 Å². The van der Waals surface area contributed by atoms with Gasteiger partial charge in [-0.05, 0) is 24.5 Å². The topological polar surface area (TPSA) is 50.2 Å². The van der Waals surface area contributed by atoms with Crippen LogP contribution in [-0.2, 0) is 11.2 Å². The Balaban J connectivity index is 2.87. The van der Waals surface area contributed by atoms with E-state index in [4.69, 9.17) is 16.7 Å². The molecule has 0 saturated heterocycles. The fourth-order valence-corrected chi connectivity index (χ4v) is 1.34. The van der Waals surface area contributed by atoms with Crippen LogP contribution in [0.3, 0.4) is 0 Å². The molecule has 1 atom stereocenters. The highest BCUT2D eigenvalue weighted by atomic mass is 35.5. The van der Waals surface area contributed by atoms with E-state index in [1.54, 1.807) is 19.3 Å². The van der Waals surface area contributed by atoms with Crippen LogP contribution in [0.15, 0.2) is 12.4 Å². The quantitative estimate of drug-likeness (QED) is 0.838. The lowest BCUT2D eigenvalue weighted by atomic mass is 9.99. The van der Waals surface area contributed by atoms with Gasteiger partial charge in [-0.25, -0.2) is 0 Å². The van der Waals surface area contributed by atoms with Crippen LogP contribution in [0.4, 0.5) is 0 Å². The molecule has 0 saturated carbocycles. The zero-order valence-electron chi connectivity index (χ0n) is 8.12. The number of carboxylic acids is 1. The number of aromatic nitrogens is 1. The van der Waals surface area contributed by atoms with E-state index in [2.05, 4.69) is 4.98 Å². The Bertz CT molecular complexity index is 352. The maximum atomic E-state index is 10.6. The number of carbonyl (C=O) groups is 1. The molecule has 1 aromatic heterocycles. The summed E-state index contributed by atoms with van der Waals surface area (Å²) in [5.74, 6) is -1.21. The van der Waals surface area contributed by atoms with Crippen molar-refractivity contribution >= 4 is 17.6 Å². The monoisotopic (exact) mass is 213 g/mol. The molecule has 1 aromatic rings. The molecule has 0 amide bonds.